The molecule has 1 aliphatic heterocycles. The number of nitrogens with zero attached hydrogens (tertiary/aromatic N) is 1. The van der Waals surface area contributed by atoms with Crippen LogP contribution in [0.3, 0.4) is 0 Å². The molecule has 1 N–H and O–H groups in total. The first kappa shape index (κ1) is 14.3. The van der Waals surface area contributed by atoms with Gasteiger partial charge in [-0.25, -0.2) is 4.39 Å². The highest BCUT2D eigenvalue weighted by atomic mass is 35.5. The largest absolute Gasteiger partial charge is 0.341 e. The van der Waals surface area contributed by atoms with Crippen LogP contribution in [0.15, 0.2) is 18.2 Å². The summed E-state index contributed by atoms with van der Waals surface area (Å²) < 4.78 is 13.3. The number of hydrogen-bond donors (Lipinski definition) is 1. The number of hydrogen-bond acceptors (Lipinski definition) is 2. The summed E-state index contributed by atoms with van der Waals surface area (Å²) in [4.78, 5) is 13.4. The molecule has 0 aromatic heterocycles. The fourth-order valence-electron chi connectivity index (χ4n) is 2.23. The maximum Gasteiger partial charge on any atom is 0.222 e. The first-order chi connectivity index (χ1) is 9.06. The molecule has 1 aromatic carbocycles. The van der Waals surface area contributed by atoms with E-state index in [0.717, 1.165) is 18.5 Å². The number of benzene rings is 1. The lowest BCUT2D eigenvalue weighted by Crippen LogP contribution is -2.39. The first-order valence-corrected chi connectivity index (χ1v) is 6.89. The molecule has 0 radical (unpaired) electrons. The van der Waals surface area contributed by atoms with Crippen LogP contribution in [0.2, 0.25) is 5.02 Å². The van der Waals surface area contributed by atoms with Gasteiger partial charge in [0.15, 0.2) is 0 Å². The molecule has 0 bridgehead atoms. The zero-order valence-corrected chi connectivity index (χ0v) is 11.7. The van der Waals surface area contributed by atoms with Gasteiger partial charge in [-0.1, -0.05) is 17.7 Å². The Labute approximate surface area is 117 Å². The molecule has 1 heterocycles. The maximum absolute atomic E-state index is 13.3. The van der Waals surface area contributed by atoms with Crippen LogP contribution in [0.1, 0.15) is 25.3 Å². The van der Waals surface area contributed by atoms with Crippen molar-refractivity contribution >= 4 is 17.5 Å². The van der Waals surface area contributed by atoms with Gasteiger partial charge in [0, 0.05) is 32.1 Å². The molecule has 3 nitrogen and oxygen atoms in total. The van der Waals surface area contributed by atoms with Crippen LogP contribution >= 0.6 is 11.6 Å². The van der Waals surface area contributed by atoms with Gasteiger partial charge in [-0.2, -0.15) is 0 Å². The van der Waals surface area contributed by atoms with E-state index in [9.17, 15) is 9.18 Å². The smallest absolute Gasteiger partial charge is 0.222 e. The summed E-state index contributed by atoms with van der Waals surface area (Å²) in [5.74, 6) is -0.172. The lowest BCUT2D eigenvalue weighted by Gasteiger charge is -2.21. The molecule has 0 spiro atoms. The second kappa shape index (κ2) is 6.35. The summed E-state index contributed by atoms with van der Waals surface area (Å²) in [5.41, 5.74) is 0.849. The third kappa shape index (κ3) is 3.91. The van der Waals surface area contributed by atoms with Crippen molar-refractivity contribution in [1.29, 1.82) is 0 Å². The van der Waals surface area contributed by atoms with E-state index in [-0.39, 0.29) is 17.0 Å². The van der Waals surface area contributed by atoms with E-state index in [1.807, 2.05) is 11.8 Å². The molecule has 1 fully saturated rings. The van der Waals surface area contributed by atoms with Gasteiger partial charge in [-0.15, -0.1) is 0 Å². The van der Waals surface area contributed by atoms with Gasteiger partial charge in [0.25, 0.3) is 0 Å². The molecule has 104 valence electrons. The monoisotopic (exact) mass is 284 g/mol. The molecule has 19 heavy (non-hydrogen) atoms. The van der Waals surface area contributed by atoms with Crippen LogP contribution in [0.5, 0.6) is 0 Å². The van der Waals surface area contributed by atoms with Crippen molar-refractivity contribution in [2.45, 2.75) is 32.4 Å². The van der Waals surface area contributed by atoms with Crippen molar-refractivity contribution in [2.75, 3.05) is 13.1 Å². The van der Waals surface area contributed by atoms with Gasteiger partial charge < -0.3 is 10.2 Å². The Bertz CT molecular complexity index is 467. The Balaban J connectivity index is 1.81. The van der Waals surface area contributed by atoms with Gasteiger partial charge in [0.05, 0.1) is 5.02 Å². The fourth-order valence-corrected chi connectivity index (χ4v) is 2.35. The minimum absolute atomic E-state index is 0.138. The van der Waals surface area contributed by atoms with E-state index in [2.05, 4.69) is 5.32 Å². The van der Waals surface area contributed by atoms with Crippen molar-refractivity contribution in [3.63, 3.8) is 0 Å². The Morgan fingerprint density at radius 1 is 1.53 bits per heavy atom. The molecular formula is C14H18ClFN2O. The number of carbonyl (C=O) groups excluding carboxylic acids is 1. The highest BCUT2D eigenvalue weighted by Gasteiger charge is 2.21. The third-order valence-electron chi connectivity index (χ3n) is 3.30. The van der Waals surface area contributed by atoms with Crippen LogP contribution in [0, 0.1) is 5.82 Å². The standard InChI is InChI=1S/C14H18ClFN2O/c1-10(9-18-6-2-3-14(18)19)17-8-11-4-5-12(15)13(16)7-11/h4-5,7,10,17H,2-3,6,8-9H2,1H3. The highest BCUT2D eigenvalue weighted by molar-refractivity contribution is 6.30. The van der Waals surface area contributed by atoms with E-state index >= 15 is 0 Å². The van der Waals surface area contributed by atoms with E-state index in [0.29, 0.717) is 19.5 Å². The Kier molecular flexibility index (Phi) is 4.77. The Morgan fingerprint density at radius 2 is 2.32 bits per heavy atom. The fraction of sp³-hybridized carbons (Fsp3) is 0.500. The average molecular weight is 285 g/mol. The van der Waals surface area contributed by atoms with E-state index in [1.54, 1.807) is 12.1 Å². The summed E-state index contributed by atoms with van der Waals surface area (Å²) in [7, 11) is 0. The van der Waals surface area contributed by atoms with Gasteiger partial charge in [0.2, 0.25) is 5.91 Å². The molecule has 1 unspecified atom stereocenters. The normalized spacial score (nSPS) is 17.0. The number of nitrogens with one attached hydrogen (secondary N) is 1. The number of carbonyl (C=O) groups is 1. The minimum Gasteiger partial charge on any atom is -0.341 e. The predicted octanol–water partition coefficient (Wildman–Crippen LogP) is 2.58. The molecule has 1 saturated heterocycles. The number of likely N-dealkylation sites (tertiary alicyclic amines) is 1. The molecule has 5 heteroatoms. The average Bonchev–Trinajstić information content (AvgIpc) is 2.77. The molecular weight excluding hydrogens is 267 g/mol. The van der Waals surface area contributed by atoms with Crippen molar-refractivity contribution in [1.82, 2.24) is 10.2 Å². The van der Waals surface area contributed by atoms with Crippen LogP contribution in [0.25, 0.3) is 0 Å². The molecule has 1 aromatic rings. The molecule has 2 rings (SSSR count). The summed E-state index contributed by atoms with van der Waals surface area (Å²) in [6.07, 6.45) is 1.61. The number of amides is 1. The van der Waals surface area contributed by atoms with Crippen LogP contribution in [-0.2, 0) is 11.3 Å². The molecule has 1 atom stereocenters. The first-order valence-electron chi connectivity index (χ1n) is 6.51. The quantitative estimate of drug-likeness (QED) is 0.901. The lowest BCUT2D eigenvalue weighted by molar-refractivity contribution is -0.127. The van der Waals surface area contributed by atoms with Crippen molar-refractivity contribution in [3.8, 4) is 0 Å². The van der Waals surface area contributed by atoms with E-state index in [4.69, 9.17) is 11.6 Å². The van der Waals surface area contributed by atoms with Crippen LogP contribution in [0.4, 0.5) is 4.39 Å². The number of halogens is 2. The van der Waals surface area contributed by atoms with Crippen molar-refractivity contribution in [2.24, 2.45) is 0 Å². The van der Waals surface area contributed by atoms with Crippen molar-refractivity contribution < 1.29 is 9.18 Å². The Hall–Kier alpha value is -1.13. The van der Waals surface area contributed by atoms with Crippen LogP contribution in [-0.4, -0.2) is 29.9 Å². The molecule has 1 aliphatic rings. The van der Waals surface area contributed by atoms with Gasteiger partial charge >= 0.3 is 0 Å². The van der Waals surface area contributed by atoms with Crippen LogP contribution < -0.4 is 5.32 Å². The second-order valence-corrected chi connectivity index (χ2v) is 5.38. The summed E-state index contributed by atoms with van der Waals surface area (Å²) in [5, 5.41) is 3.43. The lowest BCUT2D eigenvalue weighted by atomic mass is 10.2. The zero-order valence-electron chi connectivity index (χ0n) is 11.0. The van der Waals surface area contributed by atoms with Gasteiger partial charge in [-0.3, -0.25) is 4.79 Å². The molecule has 0 aliphatic carbocycles. The second-order valence-electron chi connectivity index (χ2n) is 4.97. The summed E-state index contributed by atoms with van der Waals surface area (Å²) >= 11 is 5.63. The number of rotatable bonds is 5. The Morgan fingerprint density at radius 3 is 2.95 bits per heavy atom. The summed E-state index contributed by atoms with van der Waals surface area (Å²) in [6.45, 7) is 4.14. The predicted molar refractivity (Wildman–Crippen MR) is 73.5 cm³/mol. The highest BCUT2D eigenvalue weighted by Crippen LogP contribution is 2.15. The summed E-state index contributed by atoms with van der Waals surface area (Å²) in [6, 6.07) is 4.97. The minimum atomic E-state index is -0.400. The van der Waals surface area contributed by atoms with Gasteiger partial charge in [0.1, 0.15) is 5.82 Å². The third-order valence-corrected chi connectivity index (χ3v) is 3.61. The van der Waals surface area contributed by atoms with E-state index in [1.165, 1.54) is 6.07 Å². The maximum atomic E-state index is 13.3. The topological polar surface area (TPSA) is 32.3 Å². The van der Waals surface area contributed by atoms with E-state index < -0.39 is 5.82 Å². The van der Waals surface area contributed by atoms with Gasteiger partial charge in [-0.05, 0) is 31.0 Å². The molecule has 0 saturated carbocycles. The zero-order chi connectivity index (χ0) is 13.8. The van der Waals surface area contributed by atoms with Crippen molar-refractivity contribution in [3.05, 3.63) is 34.6 Å². The molecule has 1 amide bonds. The SMILES string of the molecule is CC(CN1CCCC1=O)NCc1ccc(Cl)c(F)c1.